The van der Waals surface area contributed by atoms with Crippen LogP contribution in [0, 0.1) is 4.77 Å². The monoisotopic (exact) mass is 394 g/mol. The lowest BCUT2D eigenvalue weighted by Gasteiger charge is -2.25. The van der Waals surface area contributed by atoms with E-state index in [1.807, 2.05) is 45.6 Å². The molecule has 144 valence electrons. The topological polar surface area (TPSA) is 44.5 Å². The van der Waals surface area contributed by atoms with E-state index in [9.17, 15) is 0 Å². The van der Waals surface area contributed by atoms with Crippen molar-refractivity contribution >= 4 is 12.2 Å². The third-order valence-electron chi connectivity index (χ3n) is 5.27. The maximum absolute atomic E-state index is 5.84. The Hall–Kier alpha value is -2.64. The first kappa shape index (κ1) is 17.5. The minimum absolute atomic E-state index is 0.257. The number of benzene rings is 2. The normalized spacial score (nSPS) is 16.4. The lowest BCUT2D eigenvalue weighted by Crippen LogP contribution is -2.32. The lowest BCUT2D eigenvalue weighted by molar-refractivity contribution is 0.172. The van der Waals surface area contributed by atoms with Crippen LogP contribution in [0.15, 0.2) is 48.5 Å². The van der Waals surface area contributed by atoms with Gasteiger partial charge in [0.1, 0.15) is 0 Å². The second-order valence-electron chi connectivity index (χ2n) is 7.16. The van der Waals surface area contributed by atoms with Gasteiger partial charge in [-0.3, -0.25) is 9.47 Å². The van der Waals surface area contributed by atoms with Gasteiger partial charge in [0.05, 0.1) is 6.67 Å². The molecular formula is C21H22N4O2S. The Labute approximate surface area is 168 Å². The van der Waals surface area contributed by atoms with Gasteiger partial charge in [-0.15, -0.1) is 5.10 Å². The number of nitrogens with zero attached hydrogens (tertiary/aromatic N) is 4. The molecular weight excluding hydrogens is 372 g/mol. The van der Waals surface area contributed by atoms with Gasteiger partial charge in [0.25, 0.3) is 0 Å². The van der Waals surface area contributed by atoms with Gasteiger partial charge in [-0.2, -0.15) is 0 Å². The van der Waals surface area contributed by atoms with Gasteiger partial charge >= 0.3 is 0 Å². The fourth-order valence-electron chi connectivity index (χ4n) is 3.82. The number of ether oxygens (including phenoxy) is 2. The number of para-hydroxylation sites is 1. The van der Waals surface area contributed by atoms with Crippen molar-refractivity contribution < 1.29 is 9.47 Å². The third-order valence-corrected chi connectivity index (χ3v) is 5.66. The van der Waals surface area contributed by atoms with E-state index in [0.29, 0.717) is 4.77 Å². The summed E-state index contributed by atoms with van der Waals surface area (Å²) in [6.07, 6.45) is 3.78. The third kappa shape index (κ3) is 3.21. The summed E-state index contributed by atoms with van der Waals surface area (Å²) in [7, 11) is 0. The highest BCUT2D eigenvalue weighted by Gasteiger charge is 2.20. The predicted octanol–water partition coefficient (Wildman–Crippen LogP) is 4.24. The van der Waals surface area contributed by atoms with Crippen LogP contribution in [0.25, 0.3) is 17.1 Å². The van der Waals surface area contributed by atoms with Crippen LogP contribution in [0.1, 0.15) is 19.3 Å². The minimum Gasteiger partial charge on any atom is -0.454 e. The minimum atomic E-state index is 0.257. The number of hydrogen-bond acceptors (Lipinski definition) is 5. The molecule has 0 spiro atoms. The lowest BCUT2D eigenvalue weighted by atomic mass is 10.1. The molecule has 0 atom stereocenters. The van der Waals surface area contributed by atoms with Gasteiger partial charge < -0.3 is 9.47 Å². The molecule has 0 N–H and O–H groups in total. The first-order chi connectivity index (χ1) is 13.8. The van der Waals surface area contributed by atoms with Crippen LogP contribution in [0.2, 0.25) is 0 Å². The molecule has 0 aliphatic carbocycles. The van der Waals surface area contributed by atoms with Crippen LogP contribution in [-0.2, 0) is 6.67 Å². The summed E-state index contributed by atoms with van der Waals surface area (Å²) in [5.41, 5.74) is 1.96. The number of piperidine rings is 1. The van der Waals surface area contributed by atoms with Gasteiger partial charge in [0, 0.05) is 11.3 Å². The Morgan fingerprint density at radius 2 is 1.71 bits per heavy atom. The zero-order chi connectivity index (χ0) is 18.9. The summed E-state index contributed by atoms with van der Waals surface area (Å²) in [5.74, 6) is 2.32. The van der Waals surface area contributed by atoms with Gasteiger partial charge in [0.15, 0.2) is 17.3 Å². The molecule has 0 unspecified atom stereocenters. The molecule has 2 aliphatic rings. The summed E-state index contributed by atoms with van der Waals surface area (Å²) < 4.78 is 15.7. The molecule has 7 heteroatoms. The first-order valence-electron chi connectivity index (χ1n) is 9.67. The molecule has 0 radical (unpaired) electrons. The molecule has 6 nitrogen and oxygen atoms in total. The standard InChI is InChI=1S/C21H22N4O2S/c28-21-24(14-23-11-5-2-6-12-23)22-20(25(21)17-7-3-1-4-8-17)16-9-10-18-19(13-16)27-15-26-18/h1,3-4,7-10,13H,2,5-6,11-12,14-15H2. The molecule has 1 saturated heterocycles. The van der Waals surface area contributed by atoms with Crippen LogP contribution < -0.4 is 9.47 Å². The summed E-state index contributed by atoms with van der Waals surface area (Å²) >= 11 is 5.84. The van der Waals surface area contributed by atoms with Crippen molar-refractivity contribution in [1.29, 1.82) is 0 Å². The fourth-order valence-corrected chi connectivity index (χ4v) is 4.11. The van der Waals surface area contributed by atoms with E-state index in [1.54, 1.807) is 0 Å². The van der Waals surface area contributed by atoms with Crippen molar-refractivity contribution in [3.05, 3.63) is 53.3 Å². The van der Waals surface area contributed by atoms with Crippen LogP contribution >= 0.6 is 12.2 Å². The fraction of sp³-hybridized carbons (Fsp3) is 0.333. The van der Waals surface area contributed by atoms with Crippen LogP contribution in [0.4, 0.5) is 0 Å². The first-order valence-corrected chi connectivity index (χ1v) is 10.1. The molecule has 2 aromatic carbocycles. The Kier molecular flexibility index (Phi) is 4.62. The SMILES string of the molecule is S=c1n(CN2CCCCC2)nc(-c2ccc3c(c2)OCO3)n1-c1ccccc1. The Balaban J connectivity index is 1.60. The second-order valence-corrected chi connectivity index (χ2v) is 7.53. The van der Waals surface area contributed by atoms with E-state index in [-0.39, 0.29) is 6.79 Å². The van der Waals surface area contributed by atoms with Gasteiger partial charge in [0.2, 0.25) is 11.6 Å². The number of likely N-dealkylation sites (tertiary alicyclic amines) is 1. The van der Waals surface area contributed by atoms with E-state index in [4.69, 9.17) is 26.8 Å². The molecule has 2 aliphatic heterocycles. The van der Waals surface area contributed by atoms with Crippen molar-refractivity contribution in [3.8, 4) is 28.6 Å². The smallest absolute Gasteiger partial charge is 0.231 e. The van der Waals surface area contributed by atoms with Crippen LogP contribution in [0.5, 0.6) is 11.5 Å². The zero-order valence-electron chi connectivity index (χ0n) is 15.6. The Morgan fingerprint density at radius 3 is 2.54 bits per heavy atom. The quantitative estimate of drug-likeness (QED) is 0.619. The highest BCUT2D eigenvalue weighted by Crippen LogP contribution is 2.36. The van der Waals surface area contributed by atoms with Crippen molar-refractivity contribution in [2.75, 3.05) is 19.9 Å². The molecule has 1 fully saturated rings. The molecule has 3 aromatic rings. The highest BCUT2D eigenvalue weighted by molar-refractivity contribution is 7.71. The van der Waals surface area contributed by atoms with E-state index >= 15 is 0 Å². The van der Waals surface area contributed by atoms with Gasteiger partial charge in [-0.05, 0) is 68.5 Å². The molecule has 0 bridgehead atoms. The van der Waals surface area contributed by atoms with Gasteiger partial charge in [-0.1, -0.05) is 24.6 Å². The van der Waals surface area contributed by atoms with E-state index in [2.05, 4.69) is 17.0 Å². The van der Waals surface area contributed by atoms with Crippen molar-refractivity contribution in [1.82, 2.24) is 19.2 Å². The average Bonchev–Trinajstić information content (AvgIpc) is 3.33. The second kappa shape index (κ2) is 7.41. The summed E-state index contributed by atoms with van der Waals surface area (Å²) in [6, 6.07) is 16.1. The van der Waals surface area contributed by atoms with Crippen molar-refractivity contribution in [2.24, 2.45) is 0 Å². The molecule has 0 amide bonds. The number of aromatic nitrogens is 3. The maximum atomic E-state index is 5.84. The summed E-state index contributed by atoms with van der Waals surface area (Å²) in [6.45, 7) is 3.17. The van der Waals surface area contributed by atoms with Crippen molar-refractivity contribution in [3.63, 3.8) is 0 Å². The van der Waals surface area contributed by atoms with E-state index < -0.39 is 0 Å². The highest BCUT2D eigenvalue weighted by atomic mass is 32.1. The van der Waals surface area contributed by atoms with E-state index in [0.717, 1.165) is 48.3 Å². The summed E-state index contributed by atoms with van der Waals surface area (Å²) in [5, 5.41) is 4.91. The van der Waals surface area contributed by atoms with Gasteiger partial charge in [-0.25, -0.2) is 4.68 Å². The number of hydrogen-bond donors (Lipinski definition) is 0. The maximum Gasteiger partial charge on any atom is 0.231 e. The number of fused-ring (bicyclic) bond motifs is 1. The molecule has 5 rings (SSSR count). The van der Waals surface area contributed by atoms with Crippen LogP contribution in [-0.4, -0.2) is 39.1 Å². The predicted molar refractivity (Wildman–Crippen MR) is 109 cm³/mol. The van der Waals surface area contributed by atoms with E-state index in [1.165, 1.54) is 19.3 Å². The number of rotatable bonds is 4. The van der Waals surface area contributed by atoms with Crippen molar-refractivity contribution in [2.45, 2.75) is 25.9 Å². The average molecular weight is 395 g/mol. The Morgan fingerprint density at radius 1 is 0.929 bits per heavy atom. The molecule has 3 heterocycles. The molecule has 0 saturated carbocycles. The molecule has 1 aromatic heterocycles. The molecule has 28 heavy (non-hydrogen) atoms. The Bertz CT molecular complexity index is 1040. The largest absolute Gasteiger partial charge is 0.454 e. The summed E-state index contributed by atoms with van der Waals surface area (Å²) in [4.78, 5) is 2.42. The zero-order valence-corrected chi connectivity index (χ0v) is 16.4. The van der Waals surface area contributed by atoms with Crippen LogP contribution in [0.3, 0.4) is 0 Å².